The van der Waals surface area contributed by atoms with Gasteiger partial charge in [-0.3, -0.25) is 0 Å². The van der Waals surface area contributed by atoms with E-state index in [1.165, 1.54) is 5.82 Å². The molecule has 0 bridgehead atoms. The number of hydrogen-bond donors (Lipinski definition) is 2. The molecule has 0 aliphatic heterocycles. The molecule has 68 valence electrons. The first-order valence-electron chi connectivity index (χ1n) is 4.25. The van der Waals surface area contributed by atoms with Crippen molar-refractivity contribution in [3.05, 3.63) is 18.2 Å². The molecular formula is C8H17N4+. The van der Waals surface area contributed by atoms with Crippen LogP contribution in [0.2, 0.25) is 0 Å². The van der Waals surface area contributed by atoms with Crippen LogP contribution in [0.4, 0.5) is 0 Å². The molecule has 0 spiro atoms. The Morgan fingerprint density at radius 3 is 2.75 bits per heavy atom. The van der Waals surface area contributed by atoms with Gasteiger partial charge in [0.15, 0.2) is 0 Å². The van der Waals surface area contributed by atoms with E-state index < -0.39 is 0 Å². The third-order valence-electron chi connectivity index (χ3n) is 2.00. The van der Waals surface area contributed by atoms with Crippen LogP contribution in [-0.4, -0.2) is 17.7 Å². The summed E-state index contributed by atoms with van der Waals surface area (Å²) in [7, 11) is 0. The van der Waals surface area contributed by atoms with Crippen molar-refractivity contribution in [2.75, 3.05) is 13.1 Å². The van der Waals surface area contributed by atoms with Crippen LogP contribution in [0.25, 0.3) is 0 Å². The molecule has 0 fully saturated rings. The van der Waals surface area contributed by atoms with E-state index in [1.807, 2.05) is 12.4 Å². The third-order valence-corrected chi connectivity index (χ3v) is 2.00. The fraction of sp³-hybridized carbons (Fsp3) is 0.625. The molecule has 4 heteroatoms. The largest absolute Gasteiger partial charge is 0.327 e. The first-order valence-corrected chi connectivity index (χ1v) is 4.25. The lowest BCUT2D eigenvalue weighted by molar-refractivity contribution is -0.700. The molecule has 0 saturated carbocycles. The lowest BCUT2D eigenvalue weighted by atomic mass is 10.5. The minimum Gasteiger partial charge on any atom is -0.327 e. The summed E-state index contributed by atoms with van der Waals surface area (Å²) in [5.74, 6) is 1.21. The molecule has 0 saturated heterocycles. The van der Waals surface area contributed by atoms with Crippen molar-refractivity contribution in [2.24, 2.45) is 11.5 Å². The Balaban J connectivity index is 2.74. The van der Waals surface area contributed by atoms with Gasteiger partial charge in [0.1, 0.15) is 25.5 Å². The second-order valence-corrected chi connectivity index (χ2v) is 2.81. The normalized spacial score (nSPS) is 10.6. The summed E-state index contributed by atoms with van der Waals surface area (Å²) in [6.07, 6.45) is 4.08. The highest BCUT2D eigenvalue weighted by molar-refractivity contribution is 4.79. The topological polar surface area (TPSA) is 60.8 Å². The van der Waals surface area contributed by atoms with E-state index >= 15 is 0 Å². The molecule has 0 unspecified atom stereocenters. The van der Waals surface area contributed by atoms with E-state index in [0.29, 0.717) is 13.1 Å². The molecule has 0 atom stereocenters. The standard InChI is InChI=1S/C8H17N4/c1-8-11(4-2-9)6-7-12(8)5-3-10/h6-7H,2-5,9-10H2,1H3/q+1. The van der Waals surface area contributed by atoms with Crippen LogP contribution in [0.15, 0.2) is 12.4 Å². The predicted molar refractivity (Wildman–Crippen MR) is 47.5 cm³/mol. The minimum absolute atomic E-state index is 0.679. The van der Waals surface area contributed by atoms with Crippen LogP contribution in [0.1, 0.15) is 5.82 Å². The molecule has 0 amide bonds. The maximum Gasteiger partial charge on any atom is 0.253 e. The van der Waals surface area contributed by atoms with Crippen LogP contribution in [-0.2, 0) is 13.1 Å². The van der Waals surface area contributed by atoms with Crippen LogP contribution in [0, 0.1) is 6.92 Å². The molecule has 1 heterocycles. The molecule has 1 aromatic heterocycles. The van der Waals surface area contributed by atoms with Gasteiger partial charge in [-0.1, -0.05) is 0 Å². The van der Waals surface area contributed by atoms with Crippen LogP contribution < -0.4 is 16.0 Å². The van der Waals surface area contributed by atoms with E-state index in [1.54, 1.807) is 0 Å². The molecular weight excluding hydrogens is 152 g/mol. The fourth-order valence-electron chi connectivity index (χ4n) is 1.29. The Labute approximate surface area is 72.8 Å². The molecule has 4 nitrogen and oxygen atoms in total. The summed E-state index contributed by atoms with van der Waals surface area (Å²) in [5.41, 5.74) is 10.9. The first-order chi connectivity index (χ1) is 5.79. The zero-order valence-electron chi connectivity index (χ0n) is 7.53. The van der Waals surface area contributed by atoms with Crippen molar-refractivity contribution in [2.45, 2.75) is 20.0 Å². The van der Waals surface area contributed by atoms with E-state index in [9.17, 15) is 0 Å². The van der Waals surface area contributed by atoms with Crippen molar-refractivity contribution >= 4 is 0 Å². The SMILES string of the molecule is Cc1n(CCN)cc[n+]1CCN. The predicted octanol–water partition coefficient (Wildman–Crippen LogP) is -0.999. The van der Waals surface area contributed by atoms with Crippen molar-refractivity contribution < 1.29 is 4.57 Å². The highest BCUT2D eigenvalue weighted by atomic mass is 15.1. The van der Waals surface area contributed by atoms with E-state index in [4.69, 9.17) is 11.5 Å². The molecule has 0 aliphatic carbocycles. The summed E-state index contributed by atoms with van der Waals surface area (Å²) in [6, 6.07) is 0. The third kappa shape index (κ3) is 1.84. The summed E-state index contributed by atoms with van der Waals surface area (Å²) < 4.78 is 4.27. The second kappa shape index (κ2) is 4.23. The Morgan fingerprint density at radius 2 is 2.17 bits per heavy atom. The zero-order chi connectivity index (χ0) is 8.97. The number of nitrogens with zero attached hydrogens (tertiary/aromatic N) is 2. The minimum atomic E-state index is 0.679. The summed E-state index contributed by atoms with van der Waals surface area (Å²) in [6.45, 7) is 5.19. The quantitative estimate of drug-likeness (QED) is 0.568. The van der Waals surface area contributed by atoms with E-state index in [2.05, 4.69) is 16.1 Å². The van der Waals surface area contributed by atoms with Crippen molar-refractivity contribution in [3.63, 3.8) is 0 Å². The Hall–Kier alpha value is -0.870. The number of hydrogen-bond acceptors (Lipinski definition) is 2. The van der Waals surface area contributed by atoms with Crippen molar-refractivity contribution in [3.8, 4) is 0 Å². The summed E-state index contributed by atoms with van der Waals surface area (Å²) >= 11 is 0. The summed E-state index contributed by atoms with van der Waals surface area (Å²) in [5, 5.41) is 0. The number of aromatic nitrogens is 2. The highest BCUT2D eigenvalue weighted by Crippen LogP contribution is 1.91. The first kappa shape index (κ1) is 9.22. The van der Waals surface area contributed by atoms with Crippen molar-refractivity contribution in [1.29, 1.82) is 0 Å². The van der Waals surface area contributed by atoms with Crippen LogP contribution in [0.3, 0.4) is 0 Å². The smallest absolute Gasteiger partial charge is 0.253 e. The van der Waals surface area contributed by atoms with Crippen LogP contribution >= 0.6 is 0 Å². The van der Waals surface area contributed by atoms with Gasteiger partial charge in [-0.15, -0.1) is 0 Å². The average Bonchev–Trinajstić information content (AvgIpc) is 2.38. The molecule has 1 rings (SSSR count). The van der Waals surface area contributed by atoms with Gasteiger partial charge in [0.2, 0.25) is 0 Å². The molecule has 0 radical (unpaired) electrons. The zero-order valence-corrected chi connectivity index (χ0v) is 7.53. The molecule has 0 aliphatic rings. The van der Waals surface area contributed by atoms with Gasteiger partial charge in [-0.2, -0.15) is 0 Å². The fourth-order valence-corrected chi connectivity index (χ4v) is 1.29. The van der Waals surface area contributed by atoms with E-state index in [-0.39, 0.29) is 0 Å². The molecule has 1 aromatic rings. The molecule has 4 N–H and O–H groups in total. The van der Waals surface area contributed by atoms with Crippen LogP contribution in [0.5, 0.6) is 0 Å². The Kier molecular flexibility index (Phi) is 3.25. The van der Waals surface area contributed by atoms with Gasteiger partial charge < -0.3 is 11.5 Å². The average molecular weight is 169 g/mol. The number of nitrogens with two attached hydrogens (primary N) is 2. The molecule has 0 aromatic carbocycles. The maximum absolute atomic E-state index is 5.46. The van der Waals surface area contributed by atoms with Gasteiger partial charge >= 0.3 is 0 Å². The van der Waals surface area contributed by atoms with Gasteiger partial charge in [0.05, 0.1) is 0 Å². The van der Waals surface area contributed by atoms with Gasteiger partial charge in [-0.25, -0.2) is 9.13 Å². The Morgan fingerprint density at radius 1 is 1.42 bits per heavy atom. The number of imidazole rings is 1. The van der Waals surface area contributed by atoms with Gasteiger partial charge in [0.25, 0.3) is 5.82 Å². The Bertz CT molecular complexity index is 218. The lowest BCUT2D eigenvalue weighted by Crippen LogP contribution is -2.39. The van der Waals surface area contributed by atoms with E-state index in [0.717, 1.165) is 13.1 Å². The maximum atomic E-state index is 5.46. The van der Waals surface area contributed by atoms with Gasteiger partial charge in [0, 0.05) is 20.0 Å². The molecule has 12 heavy (non-hydrogen) atoms. The number of rotatable bonds is 4. The monoisotopic (exact) mass is 169 g/mol. The lowest BCUT2D eigenvalue weighted by Gasteiger charge is -1.97. The summed E-state index contributed by atoms with van der Waals surface area (Å²) in [4.78, 5) is 0. The second-order valence-electron chi connectivity index (χ2n) is 2.81. The van der Waals surface area contributed by atoms with Crippen molar-refractivity contribution in [1.82, 2.24) is 4.57 Å². The highest BCUT2D eigenvalue weighted by Gasteiger charge is 2.09. The van der Waals surface area contributed by atoms with Gasteiger partial charge in [-0.05, 0) is 0 Å².